The van der Waals surface area contributed by atoms with E-state index in [9.17, 15) is 9.59 Å². The number of nitrogens with zero attached hydrogens (tertiary/aromatic N) is 5. The molecule has 0 bridgehead atoms. The van der Waals surface area contributed by atoms with E-state index in [0.29, 0.717) is 70.0 Å². The zero-order valence-corrected chi connectivity index (χ0v) is 23.6. The van der Waals surface area contributed by atoms with Crippen molar-refractivity contribution in [2.75, 3.05) is 31.6 Å². The molecule has 2 saturated heterocycles. The van der Waals surface area contributed by atoms with Crippen molar-refractivity contribution in [1.29, 1.82) is 0 Å². The summed E-state index contributed by atoms with van der Waals surface area (Å²) in [5.41, 5.74) is 1.63. The number of ether oxygens (including phenoxy) is 1. The predicted octanol–water partition coefficient (Wildman–Crippen LogP) is 4.02. The molecule has 3 aromatic heterocycles. The summed E-state index contributed by atoms with van der Waals surface area (Å²) in [5.74, 6) is 1.53. The summed E-state index contributed by atoms with van der Waals surface area (Å²) in [7, 11) is 0. The van der Waals surface area contributed by atoms with Crippen molar-refractivity contribution in [3.05, 3.63) is 51.7 Å². The maximum Gasteiger partial charge on any atom is 0.260 e. The third kappa shape index (κ3) is 6.17. The minimum absolute atomic E-state index is 0.00859. The van der Waals surface area contributed by atoms with Crippen LogP contribution in [0.4, 0.5) is 5.95 Å². The number of Topliss-reactive ketones (excluding diaryl/α,β-unsaturated/α-hetero) is 1. The highest BCUT2D eigenvalue weighted by molar-refractivity contribution is 6.33. The first kappa shape index (κ1) is 27.5. The highest BCUT2D eigenvalue weighted by Crippen LogP contribution is 2.31. The number of pyridine rings is 1. The number of fused-ring (bicyclic) bond motifs is 1. The Morgan fingerprint density at radius 2 is 2.02 bits per heavy atom. The number of benzene rings is 1. The average Bonchev–Trinajstić information content (AvgIpc) is 3.42. The Hall–Kier alpha value is -3.67. The molecule has 0 radical (unpaired) electrons. The molecule has 11 nitrogen and oxygen atoms in total. The second kappa shape index (κ2) is 12.1. The Labute approximate surface area is 241 Å². The van der Waals surface area contributed by atoms with Crippen LogP contribution < -0.4 is 16.2 Å². The molecule has 1 aromatic carbocycles. The van der Waals surface area contributed by atoms with E-state index in [1.54, 1.807) is 37.4 Å². The lowest BCUT2D eigenvalue weighted by Crippen LogP contribution is -2.33. The number of carbonyl (C=O) groups excluding carboxylic acids is 1. The van der Waals surface area contributed by atoms with E-state index in [0.717, 1.165) is 38.8 Å². The molecule has 1 atom stereocenters. The molecule has 1 unspecified atom stereocenters. The van der Waals surface area contributed by atoms with E-state index in [4.69, 9.17) is 25.8 Å². The lowest BCUT2D eigenvalue weighted by Gasteiger charge is -2.23. The van der Waals surface area contributed by atoms with Gasteiger partial charge in [0.15, 0.2) is 5.78 Å². The molecular weight excluding hydrogens is 546 g/mol. The second-order valence-corrected chi connectivity index (χ2v) is 11.1. The quantitative estimate of drug-likeness (QED) is 0.316. The van der Waals surface area contributed by atoms with Gasteiger partial charge in [0.1, 0.15) is 5.65 Å². The summed E-state index contributed by atoms with van der Waals surface area (Å²) >= 11 is 6.70. The summed E-state index contributed by atoms with van der Waals surface area (Å²) in [6.45, 7) is 4.77. The third-order valence-corrected chi connectivity index (χ3v) is 7.99. The minimum atomic E-state index is -0.339. The van der Waals surface area contributed by atoms with Crippen molar-refractivity contribution in [1.82, 2.24) is 30.0 Å². The third-order valence-electron chi connectivity index (χ3n) is 7.68. The second-order valence-electron chi connectivity index (χ2n) is 10.7. The molecule has 4 aromatic rings. The molecule has 12 heteroatoms. The fourth-order valence-electron chi connectivity index (χ4n) is 5.54. The Morgan fingerprint density at radius 3 is 2.76 bits per heavy atom. The average molecular weight is 578 g/mol. The van der Waals surface area contributed by atoms with Crippen LogP contribution in [0.2, 0.25) is 5.02 Å². The Morgan fingerprint density at radius 1 is 1.17 bits per heavy atom. The van der Waals surface area contributed by atoms with Crippen LogP contribution in [0, 0.1) is 12.8 Å². The first-order chi connectivity index (χ1) is 19.9. The lowest BCUT2D eigenvalue weighted by atomic mass is 9.94. The van der Waals surface area contributed by atoms with Crippen LogP contribution in [0.3, 0.4) is 0 Å². The highest BCUT2D eigenvalue weighted by atomic mass is 35.5. The van der Waals surface area contributed by atoms with E-state index in [2.05, 4.69) is 25.8 Å². The van der Waals surface area contributed by atoms with Crippen LogP contribution in [-0.2, 0) is 16.1 Å². The molecule has 0 spiro atoms. The summed E-state index contributed by atoms with van der Waals surface area (Å²) in [6.07, 6.45) is 5.82. The van der Waals surface area contributed by atoms with E-state index in [1.165, 1.54) is 4.57 Å². The Bertz CT molecular complexity index is 1620. The van der Waals surface area contributed by atoms with Gasteiger partial charge in [0.05, 0.1) is 6.54 Å². The van der Waals surface area contributed by atoms with E-state index in [1.807, 2.05) is 0 Å². The Kier molecular flexibility index (Phi) is 8.09. The van der Waals surface area contributed by atoms with Gasteiger partial charge in [-0.2, -0.15) is 9.97 Å². The number of anilines is 1. The maximum atomic E-state index is 14.0. The first-order valence-electron chi connectivity index (χ1n) is 14.0. The van der Waals surface area contributed by atoms with Gasteiger partial charge >= 0.3 is 0 Å². The van der Waals surface area contributed by atoms with Crippen LogP contribution in [0.1, 0.15) is 38.0 Å². The standard InChI is InChI=1S/C29H32ClN7O4/c1-17-33-26(36-41-17)19-4-5-23(25(30)13-19)24-12-20-15-32-29(34-21-6-9-40-10-7-21)35-27(20)37(28(24)39)16-22(38)11-18-3-2-8-31-14-18/h4-5,12-13,15,18,21,31H,2-3,6-11,14,16H2,1H3,(H,32,34,35). The van der Waals surface area contributed by atoms with E-state index < -0.39 is 0 Å². The van der Waals surface area contributed by atoms with Crippen molar-refractivity contribution in [3.63, 3.8) is 0 Å². The molecule has 5 heterocycles. The monoisotopic (exact) mass is 577 g/mol. The number of carbonyl (C=O) groups is 1. The van der Waals surface area contributed by atoms with Gasteiger partial charge in [-0.3, -0.25) is 14.2 Å². The molecule has 0 aliphatic carbocycles. The maximum absolute atomic E-state index is 14.0. The van der Waals surface area contributed by atoms with Crippen molar-refractivity contribution in [3.8, 4) is 22.5 Å². The van der Waals surface area contributed by atoms with Gasteiger partial charge in [0, 0.05) is 65.9 Å². The summed E-state index contributed by atoms with van der Waals surface area (Å²) in [4.78, 5) is 40.8. The largest absolute Gasteiger partial charge is 0.381 e. The lowest BCUT2D eigenvalue weighted by molar-refractivity contribution is -0.120. The molecule has 214 valence electrons. The first-order valence-corrected chi connectivity index (χ1v) is 14.4. The van der Waals surface area contributed by atoms with Gasteiger partial charge in [0.25, 0.3) is 5.56 Å². The van der Waals surface area contributed by atoms with Gasteiger partial charge in [0.2, 0.25) is 17.7 Å². The zero-order chi connectivity index (χ0) is 28.3. The molecule has 0 saturated carbocycles. The number of aryl methyl sites for hydroxylation is 1. The Balaban J connectivity index is 1.38. The van der Waals surface area contributed by atoms with E-state index >= 15 is 0 Å². The molecule has 2 fully saturated rings. The predicted molar refractivity (Wildman–Crippen MR) is 155 cm³/mol. The molecule has 6 rings (SSSR count). The number of halogens is 1. The van der Waals surface area contributed by atoms with Gasteiger partial charge < -0.3 is 19.9 Å². The van der Waals surface area contributed by atoms with Crippen molar-refractivity contribution >= 4 is 34.4 Å². The minimum Gasteiger partial charge on any atom is -0.381 e. The molecule has 41 heavy (non-hydrogen) atoms. The van der Waals surface area contributed by atoms with E-state index in [-0.39, 0.29) is 29.8 Å². The van der Waals surface area contributed by atoms with Gasteiger partial charge in [-0.05, 0) is 56.8 Å². The van der Waals surface area contributed by atoms with Crippen LogP contribution >= 0.6 is 11.6 Å². The van der Waals surface area contributed by atoms with Gasteiger partial charge in [-0.25, -0.2) is 4.98 Å². The highest BCUT2D eigenvalue weighted by Gasteiger charge is 2.22. The molecule has 0 amide bonds. The molecule has 2 aliphatic heterocycles. The number of rotatable bonds is 8. The molecule has 2 aliphatic rings. The van der Waals surface area contributed by atoms with Crippen LogP contribution in [0.5, 0.6) is 0 Å². The number of hydrogen-bond donors (Lipinski definition) is 2. The van der Waals surface area contributed by atoms with Gasteiger partial charge in [-0.1, -0.05) is 28.9 Å². The van der Waals surface area contributed by atoms with Crippen LogP contribution in [0.15, 0.2) is 39.8 Å². The zero-order valence-electron chi connectivity index (χ0n) is 22.9. The topological polar surface area (TPSA) is 137 Å². The number of hydrogen-bond acceptors (Lipinski definition) is 10. The number of nitrogens with one attached hydrogen (secondary N) is 2. The molecular formula is C29H32ClN7O4. The summed E-state index contributed by atoms with van der Waals surface area (Å²) in [5, 5.41) is 11.7. The number of aromatic nitrogens is 5. The van der Waals surface area contributed by atoms with Crippen molar-refractivity contribution in [2.45, 2.75) is 51.6 Å². The number of ketones is 1. The fourth-order valence-corrected chi connectivity index (χ4v) is 5.83. The normalized spacial score (nSPS) is 18.0. The number of piperidine rings is 1. The smallest absolute Gasteiger partial charge is 0.260 e. The molecule has 2 N–H and O–H groups in total. The fraction of sp³-hybridized carbons (Fsp3) is 0.448. The summed E-state index contributed by atoms with van der Waals surface area (Å²) < 4.78 is 12.0. The SMILES string of the molecule is Cc1nc(-c2ccc(-c3cc4cnc(NC5CCOCC5)nc4n(CC(=O)CC4CCCNC4)c3=O)c(Cl)c2)no1. The van der Waals surface area contributed by atoms with Gasteiger partial charge in [-0.15, -0.1) is 0 Å². The van der Waals surface area contributed by atoms with Crippen LogP contribution in [-0.4, -0.2) is 62.8 Å². The van der Waals surface area contributed by atoms with Crippen molar-refractivity contribution in [2.24, 2.45) is 5.92 Å². The van der Waals surface area contributed by atoms with Crippen molar-refractivity contribution < 1.29 is 14.1 Å². The summed E-state index contributed by atoms with van der Waals surface area (Å²) in [6, 6.07) is 7.17. The van der Waals surface area contributed by atoms with Crippen LogP contribution in [0.25, 0.3) is 33.5 Å².